The molecule has 0 radical (unpaired) electrons. The summed E-state index contributed by atoms with van der Waals surface area (Å²) in [5.41, 5.74) is 0. The van der Waals surface area contributed by atoms with Crippen molar-refractivity contribution in [2.75, 3.05) is 6.61 Å². The lowest BCUT2D eigenvalue weighted by Crippen LogP contribution is -2.18. The molecule has 1 fully saturated rings. The smallest absolute Gasteiger partial charge is 0.155 e. The highest BCUT2D eigenvalue weighted by atomic mass is 16.6. The van der Waals surface area contributed by atoms with Crippen LogP contribution in [0.1, 0.15) is 13.3 Å². The van der Waals surface area contributed by atoms with Gasteiger partial charge in [0.1, 0.15) is 0 Å². The van der Waals surface area contributed by atoms with Gasteiger partial charge in [0, 0.05) is 6.42 Å². The number of aliphatic hydroxyl groups excluding tert-OH is 2. The average molecular weight is 132 g/mol. The molecule has 1 rings (SSSR count). The molecule has 1 saturated heterocycles. The van der Waals surface area contributed by atoms with Crippen LogP contribution >= 0.6 is 0 Å². The van der Waals surface area contributed by atoms with Gasteiger partial charge in [0.25, 0.3) is 0 Å². The topological polar surface area (TPSA) is 49.7 Å². The van der Waals surface area contributed by atoms with Crippen LogP contribution in [0.2, 0.25) is 0 Å². The van der Waals surface area contributed by atoms with Crippen molar-refractivity contribution in [1.29, 1.82) is 0 Å². The van der Waals surface area contributed by atoms with Gasteiger partial charge < -0.3 is 14.9 Å². The molecule has 3 atom stereocenters. The predicted molar refractivity (Wildman–Crippen MR) is 31.7 cm³/mol. The Morgan fingerprint density at radius 3 is 2.56 bits per heavy atom. The summed E-state index contributed by atoms with van der Waals surface area (Å²) in [4.78, 5) is 0. The van der Waals surface area contributed by atoms with Gasteiger partial charge in [-0.3, -0.25) is 0 Å². The van der Waals surface area contributed by atoms with E-state index in [0.29, 0.717) is 6.42 Å². The van der Waals surface area contributed by atoms with E-state index in [1.165, 1.54) is 0 Å². The number of ether oxygens (including phenoxy) is 1. The summed E-state index contributed by atoms with van der Waals surface area (Å²) in [6.45, 7) is 1.97. The predicted octanol–water partition coefficient (Wildman–Crippen LogP) is -0.278. The van der Waals surface area contributed by atoms with Gasteiger partial charge in [-0.25, -0.2) is 0 Å². The van der Waals surface area contributed by atoms with Crippen molar-refractivity contribution in [2.45, 2.75) is 25.7 Å². The Hall–Kier alpha value is -0.120. The van der Waals surface area contributed by atoms with Crippen molar-refractivity contribution in [3.63, 3.8) is 0 Å². The molecule has 0 bridgehead atoms. The molecular weight excluding hydrogens is 120 g/mol. The Morgan fingerprint density at radius 1 is 1.67 bits per heavy atom. The maximum atomic E-state index is 8.87. The number of hydrogen-bond acceptors (Lipinski definition) is 3. The quantitative estimate of drug-likeness (QED) is 0.516. The number of aliphatic hydroxyl groups is 2. The van der Waals surface area contributed by atoms with E-state index < -0.39 is 6.29 Å². The first-order valence-electron chi connectivity index (χ1n) is 3.18. The highest BCUT2D eigenvalue weighted by Gasteiger charge is 2.29. The van der Waals surface area contributed by atoms with Crippen LogP contribution in [0.4, 0.5) is 0 Å². The monoisotopic (exact) mass is 132 g/mol. The van der Waals surface area contributed by atoms with Crippen LogP contribution in [0.3, 0.4) is 0 Å². The van der Waals surface area contributed by atoms with Crippen LogP contribution in [0.25, 0.3) is 0 Å². The summed E-state index contributed by atoms with van der Waals surface area (Å²) in [6.07, 6.45) is -0.164. The van der Waals surface area contributed by atoms with Gasteiger partial charge in [-0.15, -0.1) is 0 Å². The van der Waals surface area contributed by atoms with Crippen molar-refractivity contribution in [2.24, 2.45) is 5.92 Å². The van der Waals surface area contributed by atoms with Crippen molar-refractivity contribution in [3.05, 3.63) is 0 Å². The molecule has 0 aromatic heterocycles. The largest absolute Gasteiger partial charge is 0.394 e. The normalized spacial score (nSPS) is 43.7. The Kier molecular flexibility index (Phi) is 2.05. The molecule has 0 amide bonds. The molecule has 1 heterocycles. The Bertz CT molecular complexity index is 94.3. The van der Waals surface area contributed by atoms with Gasteiger partial charge in [-0.05, 0) is 5.92 Å². The second kappa shape index (κ2) is 2.64. The molecule has 0 spiro atoms. The molecule has 0 aromatic carbocycles. The van der Waals surface area contributed by atoms with E-state index in [0.717, 1.165) is 0 Å². The van der Waals surface area contributed by atoms with Gasteiger partial charge in [0.05, 0.1) is 12.7 Å². The molecule has 0 saturated carbocycles. The first-order valence-corrected chi connectivity index (χ1v) is 3.18. The van der Waals surface area contributed by atoms with Crippen molar-refractivity contribution >= 4 is 0 Å². The van der Waals surface area contributed by atoms with E-state index in [1.807, 2.05) is 6.92 Å². The summed E-state index contributed by atoms with van der Waals surface area (Å²) in [6, 6.07) is 0. The zero-order valence-electron chi connectivity index (χ0n) is 5.45. The lowest BCUT2D eigenvalue weighted by atomic mass is 10.1. The van der Waals surface area contributed by atoms with Crippen LogP contribution < -0.4 is 0 Å². The van der Waals surface area contributed by atoms with Crippen LogP contribution in [-0.2, 0) is 4.74 Å². The third kappa shape index (κ3) is 1.41. The molecule has 0 aliphatic carbocycles. The van der Waals surface area contributed by atoms with E-state index in [9.17, 15) is 0 Å². The van der Waals surface area contributed by atoms with Crippen LogP contribution in [0.5, 0.6) is 0 Å². The maximum absolute atomic E-state index is 8.87. The van der Waals surface area contributed by atoms with Gasteiger partial charge in [-0.1, -0.05) is 6.92 Å². The Morgan fingerprint density at radius 2 is 2.33 bits per heavy atom. The average Bonchev–Trinajstić information content (AvgIpc) is 2.10. The molecule has 0 aromatic rings. The minimum absolute atomic E-state index is 0.0121. The minimum Gasteiger partial charge on any atom is -0.394 e. The summed E-state index contributed by atoms with van der Waals surface area (Å²) >= 11 is 0. The zero-order chi connectivity index (χ0) is 6.85. The summed E-state index contributed by atoms with van der Waals surface area (Å²) in [5.74, 6) is 0.282. The zero-order valence-corrected chi connectivity index (χ0v) is 5.45. The molecule has 1 unspecified atom stereocenters. The molecule has 1 aliphatic rings. The fourth-order valence-electron chi connectivity index (χ4n) is 1.08. The van der Waals surface area contributed by atoms with Crippen molar-refractivity contribution in [1.82, 2.24) is 0 Å². The second-order valence-electron chi connectivity index (χ2n) is 2.52. The van der Waals surface area contributed by atoms with Crippen LogP contribution in [-0.4, -0.2) is 29.2 Å². The van der Waals surface area contributed by atoms with Gasteiger partial charge in [-0.2, -0.15) is 0 Å². The Balaban J connectivity index is 2.38. The molecule has 54 valence electrons. The number of hydrogen-bond donors (Lipinski definition) is 2. The Labute approximate surface area is 54.3 Å². The fourth-order valence-corrected chi connectivity index (χ4v) is 1.08. The molecule has 3 heteroatoms. The number of rotatable bonds is 1. The summed E-state index contributed by atoms with van der Waals surface area (Å²) < 4.78 is 4.93. The molecule has 1 aliphatic heterocycles. The SMILES string of the molecule is CC1C[C@H](O)O[C@@H]1CO. The lowest BCUT2D eigenvalue weighted by molar-refractivity contribution is -0.103. The lowest BCUT2D eigenvalue weighted by Gasteiger charge is -2.08. The maximum Gasteiger partial charge on any atom is 0.155 e. The first-order chi connectivity index (χ1) is 4.24. The summed E-state index contributed by atoms with van der Waals surface area (Å²) in [5, 5.41) is 17.5. The van der Waals surface area contributed by atoms with E-state index >= 15 is 0 Å². The van der Waals surface area contributed by atoms with Crippen molar-refractivity contribution < 1.29 is 14.9 Å². The summed E-state index contributed by atoms with van der Waals surface area (Å²) in [7, 11) is 0. The molecular formula is C6H12O3. The third-order valence-electron chi connectivity index (χ3n) is 1.72. The van der Waals surface area contributed by atoms with E-state index in [4.69, 9.17) is 14.9 Å². The van der Waals surface area contributed by atoms with Crippen molar-refractivity contribution in [3.8, 4) is 0 Å². The molecule has 3 nitrogen and oxygen atoms in total. The van der Waals surface area contributed by atoms with Gasteiger partial charge in [0.15, 0.2) is 6.29 Å². The molecule has 9 heavy (non-hydrogen) atoms. The highest BCUT2D eigenvalue weighted by Crippen LogP contribution is 2.23. The first kappa shape index (κ1) is 6.99. The van der Waals surface area contributed by atoms with Gasteiger partial charge >= 0.3 is 0 Å². The van der Waals surface area contributed by atoms with Crippen LogP contribution in [0, 0.1) is 5.92 Å². The van der Waals surface area contributed by atoms with Gasteiger partial charge in [0.2, 0.25) is 0 Å². The third-order valence-corrected chi connectivity index (χ3v) is 1.72. The fraction of sp³-hybridized carbons (Fsp3) is 1.00. The standard InChI is InChI=1S/C6H12O3/c1-4-2-6(8)9-5(4)3-7/h4-8H,2-3H2,1H3/t4?,5-,6-/m1/s1. The van der Waals surface area contributed by atoms with E-state index in [2.05, 4.69) is 0 Å². The van der Waals surface area contributed by atoms with Crippen LogP contribution in [0.15, 0.2) is 0 Å². The van der Waals surface area contributed by atoms with E-state index in [-0.39, 0.29) is 18.6 Å². The minimum atomic E-state index is -0.655. The molecule has 2 N–H and O–H groups in total. The highest BCUT2D eigenvalue weighted by molar-refractivity contribution is 4.73. The second-order valence-corrected chi connectivity index (χ2v) is 2.52. The van der Waals surface area contributed by atoms with E-state index in [1.54, 1.807) is 0 Å².